The number of aryl methyl sites for hydroxylation is 1. The molecule has 3 amide bonds. The van der Waals surface area contributed by atoms with Crippen LogP contribution in [0.25, 0.3) is 17.0 Å². The number of rotatable bonds is 6. The predicted molar refractivity (Wildman–Crippen MR) is 160 cm³/mol. The molecule has 3 aromatic heterocycles. The second-order valence-corrected chi connectivity index (χ2v) is 14.3. The number of sulfone groups is 1. The lowest BCUT2D eigenvalue weighted by Crippen LogP contribution is -2.51. The number of nitrogens with zero attached hydrogens (tertiary/aromatic N) is 7. The summed E-state index contributed by atoms with van der Waals surface area (Å²) in [5.74, 6) is -0.432. The van der Waals surface area contributed by atoms with Crippen molar-refractivity contribution >= 4 is 50.2 Å². The van der Waals surface area contributed by atoms with Gasteiger partial charge in [-0.1, -0.05) is 32.0 Å². The molecule has 1 saturated heterocycles. The molecule has 0 radical (unpaired) electrons. The second-order valence-electron chi connectivity index (χ2n) is 12.1. The Bertz CT molecular complexity index is 1970. The van der Waals surface area contributed by atoms with Gasteiger partial charge >= 0.3 is 0 Å². The Kier molecular flexibility index (Phi) is 6.35. The highest BCUT2D eigenvalue weighted by Gasteiger charge is 2.58. The number of carbonyl (C=O) groups is 3. The second kappa shape index (κ2) is 9.94. The van der Waals surface area contributed by atoms with Crippen molar-refractivity contribution < 1.29 is 22.8 Å². The molecular formula is C29H31N9O5S. The third-order valence-corrected chi connectivity index (χ3v) is 10.4. The number of aromatic nitrogens is 6. The van der Waals surface area contributed by atoms with Gasteiger partial charge in [0, 0.05) is 30.3 Å². The zero-order valence-corrected chi connectivity index (χ0v) is 25.3. The summed E-state index contributed by atoms with van der Waals surface area (Å²) in [5.41, 5.74) is 1.66. The van der Waals surface area contributed by atoms with Crippen molar-refractivity contribution in [3.63, 3.8) is 0 Å². The highest BCUT2D eigenvalue weighted by Crippen LogP contribution is 2.53. The van der Waals surface area contributed by atoms with Crippen LogP contribution in [0.2, 0.25) is 0 Å². The van der Waals surface area contributed by atoms with E-state index in [2.05, 4.69) is 25.3 Å². The SMILES string of the molecule is Cc1nn(-c2ncnc3nc[nH]c23)c2c1C1(CC(=O)N2)C(=O)N(CC(=O)N(CC(C)C)C2CCS(=O)(=O)C2)c2ccccc21. The average molecular weight is 618 g/mol. The van der Waals surface area contributed by atoms with E-state index in [1.54, 1.807) is 30.0 Å². The Morgan fingerprint density at radius 2 is 1.98 bits per heavy atom. The first-order valence-corrected chi connectivity index (χ1v) is 16.3. The molecule has 4 aromatic rings. The van der Waals surface area contributed by atoms with Gasteiger partial charge in [0.15, 0.2) is 21.3 Å². The molecule has 0 saturated carbocycles. The van der Waals surface area contributed by atoms with Crippen molar-refractivity contribution in [1.29, 1.82) is 0 Å². The minimum Gasteiger partial charge on any atom is -0.340 e. The molecule has 44 heavy (non-hydrogen) atoms. The molecule has 15 heteroatoms. The van der Waals surface area contributed by atoms with E-state index in [-0.39, 0.29) is 42.2 Å². The third-order valence-electron chi connectivity index (χ3n) is 8.66. The number of imidazole rings is 1. The Balaban J connectivity index is 1.32. The van der Waals surface area contributed by atoms with Gasteiger partial charge in [0.25, 0.3) is 0 Å². The van der Waals surface area contributed by atoms with E-state index >= 15 is 0 Å². The highest BCUT2D eigenvalue weighted by molar-refractivity contribution is 7.91. The van der Waals surface area contributed by atoms with Crippen LogP contribution in [0, 0.1) is 12.8 Å². The van der Waals surface area contributed by atoms with E-state index in [0.717, 1.165) is 0 Å². The van der Waals surface area contributed by atoms with Crippen LogP contribution in [0.5, 0.6) is 0 Å². The standard InChI is InChI=1S/C29H31N9O5S/c1-16(2)11-36(18-8-9-44(42,43)13-18)22(40)12-37-20-7-5-4-6-19(20)29(28(37)41)10-21(39)34-26-23(29)17(3)35-38(26)27-24-25(31-14-30-24)32-15-33-27/h4-7,14-16,18H,8-13H2,1-3H3,(H,34,39)(H,30,31,32,33). The summed E-state index contributed by atoms with van der Waals surface area (Å²) < 4.78 is 26.1. The predicted octanol–water partition coefficient (Wildman–Crippen LogP) is 1.49. The normalized spacial score (nSPS) is 22.1. The van der Waals surface area contributed by atoms with E-state index in [1.165, 1.54) is 22.2 Å². The summed E-state index contributed by atoms with van der Waals surface area (Å²) in [7, 11) is -3.24. The number of H-pyrrole nitrogens is 1. The average Bonchev–Trinajstić information content (AvgIpc) is 3.73. The maximum atomic E-state index is 14.7. The molecule has 0 bridgehead atoms. The molecule has 0 aliphatic carbocycles. The van der Waals surface area contributed by atoms with Crippen LogP contribution in [0.15, 0.2) is 36.9 Å². The van der Waals surface area contributed by atoms with Crippen molar-refractivity contribution in [2.45, 2.75) is 45.1 Å². The minimum absolute atomic E-state index is 0.0342. The van der Waals surface area contributed by atoms with E-state index < -0.39 is 27.2 Å². The fraction of sp³-hybridized carbons (Fsp3) is 0.414. The quantitative estimate of drug-likeness (QED) is 0.325. The van der Waals surface area contributed by atoms with Crippen LogP contribution < -0.4 is 10.2 Å². The number of fused-ring (bicyclic) bond motifs is 5. The summed E-state index contributed by atoms with van der Waals surface area (Å²) in [6.45, 7) is 5.78. The lowest BCUT2D eigenvalue weighted by atomic mass is 9.70. The lowest BCUT2D eigenvalue weighted by Gasteiger charge is -2.34. The molecule has 2 unspecified atom stereocenters. The van der Waals surface area contributed by atoms with Crippen LogP contribution in [0.1, 0.15) is 43.5 Å². The Morgan fingerprint density at radius 3 is 2.73 bits per heavy atom. The summed E-state index contributed by atoms with van der Waals surface area (Å²) in [4.78, 5) is 60.9. The molecular weight excluding hydrogens is 586 g/mol. The Labute approximate surface area is 252 Å². The van der Waals surface area contributed by atoms with E-state index in [9.17, 15) is 22.8 Å². The van der Waals surface area contributed by atoms with Gasteiger partial charge in [-0.25, -0.2) is 23.4 Å². The van der Waals surface area contributed by atoms with Gasteiger partial charge in [0.2, 0.25) is 17.7 Å². The first-order valence-electron chi connectivity index (χ1n) is 14.5. The molecule has 1 spiro atoms. The molecule has 7 rings (SSSR count). The van der Waals surface area contributed by atoms with Gasteiger partial charge in [-0.15, -0.1) is 0 Å². The first kappa shape index (κ1) is 28.1. The molecule has 228 valence electrons. The minimum atomic E-state index is -3.24. The number of anilines is 2. The van der Waals surface area contributed by atoms with Crippen LogP contribution in [0.3, 0.4) is 0 Å². The molecule has 1 fully saturated rings. The van der Waals surface area contributed by atoms with E-state index in [0.29, 0.717) is 58.3 Å². The van der Waals surface area contributed by atoms with Crippen molar-refractivity contribution in [2.75, 3.05) is 34.8 Å². The van der Waals surface area contributed by atoms with Gasteiger partial charge in [-0.3, -0.25) is 14.4 Å². The summed E-state index contributed by atoms with van der Waals surface area (Å²) in [5, 5.41) is 7.64. The summed E-state index contributed by atoms with van der Waals surface area (Å²) >= 11 is 0. The van der Waals surface area contributed by atoms with Gasteiger partial charge in [-0.05, 0) is 30.9 Å². The zero-order valence-electron chi connectivity index (χ0n) is 24.4. The Hall–Kier alpha value is -4.66. The van der Waals surface area contributed by atoms with E-state index in [1.807, 2.05) is 19.9 Å². The molecule has 2 atom stereocenters. The fourth-order valence-corrected chi connectivity index (χ4v) is 8.65. The van der Waals surface area contributed by atoms with Crippen LogP contribution in [0.4, 0.5) is 11.5 Å². The number of benzene rings is 1. The topological polar surface area (TPSA) is 176 Å². The largest absolute Gasteiger partial charge is 0.340 e. The molecule has 6 heterocycles. The number of carbonyl (C=O) groups excluding carboxylic acids is 3. The lowest BCUT2D eigenvalue weighted by molar-refractivity contribution is -0.134. The molecule has 3 aliphatic rings. The molecule has 2 N–H and O–H groups in total. The van der Waals surface area contributed by atoms with Gasteiger partial charge in [0.05, 0.1) is 23.5 Å². The van der Waals surface area contributed by atoms with Gasteiger partial charge < -0.3 is 20.1 Å². The molecule has 1 aromatic carbocycles. The van der Waals surface area contributed by atoms with Gasteiger partial charge in [0.1, 0.15) is 29.6 Å². The number of hydrogen-bond acceptors (Lipinski definition) is 9. The van der Waals surface area contributed by atoms with Crippen molar-refractivity contribution in [2.24, 2.45) is 5.92 Å². The number of aromatic amines is 1. The maximum Gasteiger partial charge on any atom is 0.243 e. The highest BCUT2D eigenvalue weighted by atomic mass is 32.2. The van der Waals surface area contributed by atoms with Crippen molar-refractivity contribution in [1.82, 2.24) is 34.6 Å². The van der Waals surface area contributed by atoms with Gasteiger partial charge in [-0.2, -0.15) is 9.78 Å². The van der Waals surface area contributed by atoms with E-state index in [4.69, 9.17) is 5.10 Å². The number of para-hydroxylation sites is 1. The Morgan fingerprint density at radius 1 is 1.18 bits per heavy atom. The van der Waals surface area contributed by atoms with Crippen LogP contribution >= 0.6 is 0 Å². The zero-order chi connectivity index (χ0) is 31.0. The molecule has 14 nitrogen and oxygen atoms in total. The molecule has 3 aliphatic heterocycles. The smallest absolute Gasteiger partial charge is 0.243 e. The maximum absolute atomic E-state index is 14.7. The fourth-order valence-electron chi connectivity index (χ4n) is 6.91. The monoisotopic (exact) mass is 617 g/mol. The summed E-state index contributed by atoms with van der Waals surface area (Å²) in [6.07, 6.45) is 3.03. The summed E-state index contributed by atoms with van der Waals surface area (Å²) in [6, 6.07) is 6.72. The van der Waals surface area contributed by atoms with Crippen molar-refractivity contribution in [3.8, 4) is 5.82 Å². The van der Waals surface area contributed by atoms with Crippen molar-refractivity contribution in [3.05, 3.63) is 53.7 Å². The third kappa shape index (κ3) is 4.20. The number of amides is 3. The number of hydrogen-bond donors (Lipinski definition) is 2. The van der Waals surface area contributed by atoms with Crippen LogP contribution in [-0.4, -0.2) is 91.4 Å². The first-order chi connectivity index (χ1) is 21.0. The number of nitrogens with one attached hydrogen (secondary N) is 2. The van der Waals surface area contributed by atoms with Crippen LogP contribution in [-0.2, 0) is 29.6 Å².